The second kappa shape index (κ2) is 5.48. The van der Waals surface area contributed by atoms with Crippen LogP contribution in [-0.2, 0) is 0 Å². The smallest absolute Gasteiger partial charge is 0.256 e. The topological polar surface area (TPSA) is 92.3 Å². The van der Waals surface area contributed by atoms with E-state index in [1.54, 1.807) is 5.38 Å². The van der Waals surface area contributed by atoms with Crippen LogP contribution in [0.4, 0.5) is 5.95 Å². The molecule has 2 aromatic heterocycles. The van der Waals surface area contributed by atoms with Crippen molar-refractivity contribution < 1.29 is 9.90 Å². The number of nitrogens with zero attached hydrogens (tertiary/aromatic N) is 3. The maximum Gasteiger partial charge on any atom is 0.256 e. The van der Waals surface area contributed by atoms with Gasteiger partial charge in [0.25, 0.3) is 5.91 Å². The van der Waals surface area contributed by atoms with Crippen LogP contribution in [0.5, 0.6) is 5.88 Å². The van der Waals surface area contributed by atoms with Gasteiger partial charge < -0.3 is 15.7 Å². The Morgan fingerprint density at radius 3 is 2.86 bits per heavy atom. The molecule has 0 saturated carbocycles. The van der Waals surface area contributed by atoms with Crippen molar-refractivity contribution in [3.05, 3.63) is 10.9 Å². The van der Waals surface area contributed by atoms with Crippen molar-refractivity contribution in [3.8, 4) is 5.88 Å². The van der Waals surface area contributed by atoms with Crippen LogP contribution in [0.2, 0.25) is 0 Å². The number of amides is 1. The van der Waals surface area contributed by atoms with Crippen LogP contribution >= 0.6 is 11.3 Å². The van der Waals surface area contributed by atoms with E-state index >= 15 is 0 Å². The van der Waals surface area contributed by atoms with Gasteiger partial charge in [-0.2, -0.15) is 4.98 Å². The Morgan fingerprint density at radius 1 is 1.48 bits per heavy atom. The zero-order valence-electron chi connectivity index (χ0n) is 11.9. The first-order valence-electron chi connectivity index (χ1n) is 7.13. The molecular weight excluding hydrogens is 288 g/mol. The lowest BCUT2D eigenvalue weighted by molar-refractivity contribution is 0.0691. The van der Waals surface area contributed by atoms with Gasteiger partial charge in [0.1, 0.15) is 10.2 Å². The van der Waals surface area contributed by atoms with Crippen LogP contribution in [0.1, 0.15) is 36.5 Å². The average molecular weight is 306 g/mol. The molecule has 0 unspecified atom stereocenters. The second-order valence-corrected chi connectivity index (χ2v) is 6.26. The number of likely N-dealkylation sites (tertiary alicyclic amines) is 1. The fourth-order valence-electron chi connectivity index (χ4n) is 2.79. The van der Waals surface area contributed by atoms with Gasteiger partial charge in [0.05, 0.1) is 5.56 Å². The highest BCUT2D eigenvalue weighted by molar-refractivity contribution is 7.17. The third-order valence-electron chi connectivity index (χ3n) is 4.12. The highest BCUT2D eigenvalue weighted by Gasteiger charge is 2.26. The molecule has 1 aliphatic rings. The van der Waals surface area contributed by atoms with E-state index in [1.807, 2.05) is 4.90 Å². The molecule has 1 amide bonds. The molecule has 1 saturated heterocycles. The molecule has 0 spiro atoms. The Morgan fingerprint density at radius 2 is 2.19 bits per heavy atom. The van der Waals surface area contributed by atoms with E-state index in [4.69, 9.17) is 5.73 Å². The van der Waals surface area contributed by atoms with Crippen molar-refractivity contribution in [3.63, 3.8) is 0 Å². The number of thiophene rings is 1. The largest absolute Gasteiger partial charge is 0.492 e. The zero-order valence-corrected chi connectivity index (χ0v) is 12.7. The van der Waals surface area contributed by atoms with E-state index in [2.05, 4.69) is 16.9 Å². The summed E-state index contributed by atoms with van der Waals surface area (Å²) in [5.74, 6) is 0.506. The first-order chi connectivity index (χ1) is 10.1. The summed E-state index contributed by atoms with van der Waals surface area (Å²) in [6.45, 7) is 3.75. The molecule has 0 radical (unpaired) electrons. The zero-order chi connectivity index (χ0) is 15.0. The summed E-state index contributed by atoms with van der Waals surface area (Å²) < 4.78 is 0.510. The molecule has 0 aromatic carbocycles. The van der Waals surface area contributed by atoms with Gasteiger partial charge in [-0.25, -0.2) is 4.98 Å². The van der Waals surface area contributed by atoms with Crippen molar-refractivity contribution >= 4 is 33.4 Å². The number of aromatic hydroxyl groups is 1. The van der Waals surface area contributed by atoms with Crippen molar-refractivity contribution in [2.45, 2.75) is 26.2 Å². The Hall–Kier alpha value is -1.89. The number of nitrogens with two attached hydrogens (primary N) is 1. The number of hydrogen-bond donors (Lipinski definition) is 2. The molecule has 112 valence electrons. The molecule has 7 heteroatoms. The minimum absolute atomic E-state index is 0.0165. The van der Waals surface area contributed by atoms with Gasteiger partial charge in [-0.1, -0.05) is 13.3 Å². The first-order valence-corrected chi connectivity index (χ1v) is 8.01. The number of nitrogen functional groups attached to an aromatic ring is 1. The molecule has 21 heavy (non-hydrogen) atoms. The number of aromatic nitrogens is 2. The van der Waals surface area contributed by atoms with Crippen LogP contribution in [-0.4, -0.2) is 39.0 Å². The van der Waals surface area contributed by atoms with Gasteiger partial charge in [0, 0.05) is 18.5 Å². The van der Waals surface area contributed by atoms with Gasteiger partial charge in [-0.3, -0.25) is 4.79 Å². The maximum atomic E-state index is 12.6. The SMILES string of the molecule is CCC1CCN(C(=O)c2csc3c(O)nc(N)nc23)CC1. The summed E-state index contributed by atoms with van der Waals surface area (Å²) in [6, 6.07) is 0. The van der Waals surface area contributed by atoms with Crippen molar-refractivity contribution in [1.29, 1.82) is 0 Å². The highest BCUT2D eigenvalue weighted by Crippen LogP contribution is 2.32. The van der Waals surface area contributed by atoms with Crippen LogP contribution in [0.15, 0.2) is 5.38 Å². The van der Waals surface area contributed by atoms with E-state index in [1.165, 1.54) is 17.8 Å². The van der Waals surface area contributed by atoms with Gasteiger partial charge in [0.2, 0.25) is 11.8 Å². The normalized spacial score (nSPS) is 16.5. The number of rotatable bonds is 2. The average Bonchev–Trinajstić information content (AvgIpc) is 2.90. The summed E-state index contributed by atoms with van der Waals surface area (Å²) >= 11 is 1.27. The monoisotopic (exact) mass is 306 g/mol. The highest BCUT2D eigenvalue weighted by atomic mass is 32.1. The summed E-state index contributed by atoms with van der Waals surface area (Å²) in [7, 11) is 0. The van der Waals surface area contributed by atoms with E-state index in [0.29, 0.717) is 15.8 Å². The van der Waals surface area contributed by atoms with E-state index in [0.717, 1.165) is 31.8 Å². The third-order valence-corrected chi connectivity index (χ3v) is 5.09. The van der Waals surface area contributed by atoms with E-state index < -0.39 is 0 Å². The van der Waals surface area contributed by atoms with Crippen LogP contribution in [0.25, 0.3) is 10.2 Å². The molecule has 3 N–H and O–H groups in total. The molecule has 2 aromatic rings. The number of piperidine rings is 1. The summed E-state index contributed by atoms with van der Waals surface area (Å²) in [6.07, 6.45) is 3.26. The van der Waals surface area contributed by atoms with Crippen molar-refractivity contribution in [2.75, 3.05) is 18.8 Å². The Bertz CT molecular complexity index is 677. The number of hydrogen-bond acceptors (Lipinski definition) is 6. The lowest BCUT2D eigenvalue weighted by Crippen LogP contribution is -2.38. The lowest BCUT2D eigenvalue weighted by Gasteiger charge is -2.31. The standard InChI is InChI=1S/C14H18N4O2S/c1-2-8-3-5-18(6-4-8)13(20)9-7-21-11-10(9)16-14(15)17-12(11)19/h7-8H,2-6H2,1H3,(H3,15,16,17,19). The maximum absolute atomic E-state index is 12.6. The Kier molecular flexibility index (Phi) is 3.67. The summed E-state index contributed by atoms with van der Waals surface area (Å²) in [5, 5.41) is 11.5. The van der Waals surface area contributed by atoms with Gasteiger partial charge in [-0.05, 0) is 18.8 Å². The van der Waals surface area contributed by atoms with Crippen LogP contribution in [0.3, 0.4) is 0 Å². The van der Waals surface area contributed by atoms with Crippen LogP contribution in [0, 0.1) is 5.92 Å². The molecule has 0 atom stereocenters. The molecule has 1 fully saturated rings. The predicted octanol–water partition coefficient (Wildman–Crippen LogP) is 2.24. The molecule has 0 bridgehead atoms. The first kappa shape index (κ1) is 14.1. The summed E-state index contributed by atoms with van der Waals surface area (Å²) in [4.78, 5) is 22.3. The fourth-order valence-corrected chi connectivity index (χ4v) is 3.65. The van der Waals surface area contributed by atoms with E-state index in [9.17, 15) is 9.90 Å². The fraction of sp³-hybridized carbons (Fsp3) is 0.500. The van der Waals surface area contributed by atoms with Gasteiger partial charge >= 0.3 is 0 Å². The Labute approximate surface area is 126 Å². The number of fused-ring (bicyclic) bond motifs is 1. The molecule has 1 aliphatic heterocycles. The minimum Gasteiger partial charge on any atom is -0.492 e. The van der Waals surface area contributed by atoms with E-state index in [-0.39, 0.29) is 17.7 Å². The minimum atomic E-state index is -0.161. The predicted molar refractivity (Wildman–Crippen MR) is 82.4 cm³/mol. The molecule has 3 heterocycles. The summed E-state index contributed by atoms with van der Waals surface area (Å²) in [5.41, 5.74) is 6.53. The third kappa shape index (κ3) is 2.53. The molecule has 0 aliphatic carbocycles. The number of carbonyl (C=O) groups excluding carboxylic acids is 1. The van der Waals surface area contributed by atoms with Crippen molar-refractivity contribution in [2.24, 2.45) is 5.92 Å². The van der Waals surface area contributed by atoms with Crippen molar-refractivity contribution in [1.82, 2.24) is 14.9 Å². The quantitative estimate of drug-likeness (QED) is 0.887. The number of anilines is 1. The number of carbonyl (C=O) groups is 1. The van der Waals surface area contributed by atoms with Crippen LogP contribution < -0.4 is 5.73 Å². The van der Waals surface area contributed by atoms with Gasteiger partial charge in [-0.15, -0.1) is 11.3 Å². The molecule has 6 nitrogen and oxygen atoms in total. The molecular formula is C14H18N4O2S. The Balaban J connectivity index is 1.89. The molecule has 3 rings (SSSR count). The second-order valence-electron chi connectivity index (χ2n) is 5.38. The lowest BCUT2D eigenvalue weighted by atomic mass is 9.94. The van der Waals surface area contributed by atoms with Gasteiger partial charge in [0.15, 0.2) is 0 Å².